The number of aromatic nitrogens is 1. The predicted octanol–water partition coefficient (Wildman–Crippen LogP) is -0.290. The number of aliphatic carboxylic acids is 2. The van der Waals surface area contributed by atoms with Crippen LogP contribution in [-0.4, -0.2) is 149 Å². The Morgan fingerprint density at radius 2 is 1.93 bits per heavy atom. The number of phenolic OH excluding ortho intramolecular Hbond substituents is 2. The van der Waals surface area contributed by atoms with Crippen LogP contribution in [0.4, 0.5) is 9.93 Å². The average molecular weight is 811 g/mol. The van der Waals surface area contributed by atoms with Crippen LogP contribution in [0.2, 0.25) is 5.02 Å². The van der Waals surface area contributed by atoms with Crippen molar-refractivity contribution in [2.75, 3.05) is 38.5 Å². The molecule has 0 radical (unpaired) electrons. The van der Waals surface area contributed by atoms with Gasteiger partial charge in [0, 0.05) is 11.9 Å². The lowest BCUT2D eigenvalue weighted by Gasteiger charge is -2.41. The number of nitrogens with two attached hydrogens (primary N) is 1. The molecule has 2 aromatic rings. The number of carbonyl (C=O) groups excluding carboxylic acids is 4. The molecule has 3 fully saturated rings. The first-order chi connectivity index (χ1) is 25.5. The van der Waals surface area contributed by atoms with Gasteiger partial charge in [0.15, 0.2) is 22.3 Å². The van der Waals surface area contributed by atoms with Crippen molar-refractivity contribution in [1.82, 2.24) is 30.4 Å². The summed E-state index contributed by atoms with van der Waals surface area (Å²) in [7, 11) is 0. The summed E-state index contributed by atoms with van der Waals surface area (Å²) in [5.41, 5.74) is 3.26. The number of carboxylic acids is 2. The van der Waals surface area contributed by atoms with E-state index in [2.05, 4.69) is 31.0 Å². The molecular weight excluding hydrogens is 780 g/mol. The monoisotopic (exact) mass is 810 g/mol. The lowest BCUT2D eigenvalue weighted by molar-refractivity contribution is -0.161. The Morgan fingerprint density at radius 3 is 2.59 bits per heavy atom. The van der Waals surface area contributed by atoms with Crippen LogP contribution in [0.25, 0.3) is 0 Å². The summed E-state index contributed by atoms with van der Waals surface area (Å²) in [5.74, 6) is -6.13. The van der Waals surface area contributed by atoms with E-state index in [9.17, 15) is 49.2 Å². The van der Waals surface area contributed by atoms with Gasteiger partial charge >= 0.3 is 18.0 Å². The van der Waals surface area contributed by atoms with Crippen LogP contribution in [0.15, 0.2) is 32.9 Å². The molecule has 5 rings (SSSR count). The second-order valence-electron chi connectivity index (χ2n) is 11.9. The van der Waals surface area contributed by atoms with Crippen LogP contribution in [0.1, 0.15) is 29.9 Å². The Balaban J connectivity index is 1.16. The van der Waals surface area contributed by atoms with E-state index in [1.807, 2.05) is 0 Å². The molecule has 3 aliphatic heterocycles. The summed E-state index contributed by atoms with van der Waals surface area (Å²) in [5, 5.41) is 56.3. The van der Waals surface area contributed by atoms with Crippen LogP contribution < -0.4 is 16.4 Å². The molecule has 0 bridgehead atoms. The Bertz CT molecular complexity index is 1980. The number of fused-ring (bicyclic) bond motifs is 1. The number of benzene rings is 1. The molecule has 3 aliphatic rings. The second kappa shape index (κ2) is 15.6. The smallest absolute Gasteiger partial charge is 0.350 e. The normalized spacial score (nSPS) is 21.4. The van der Waals surface area contributed by atoms with Gasteiger partial charge in [0.1, 0.15) is 23.7 Å². The van der Waals surface area contributed by atoms with Gasteiger partial charge in [0.25, 0.3) is 11.8 Å². The first-order valence-corrected chi connectivity index (χ1v) is 17.6. The van der Waals surface area contributed by atoms with Crippen LogP contribution in [-0.2, 0) is 28.9 Å². The Morgan fingerprint density at radius 1 is 1.19 bits per heavy atom. The standard InChI is InChI=1S/C29H31ClN10O12S2/c1-28(2,24(46)47)52-37-17(14-11-53-26(31)35-14)21(44)36-18-22(45)38-12-29(25(48)49,54-23(18)38)39-8-9-40(27(39)50)33-5-6-34-51-10-7-32-20(43)13-3-4-15(41)19(42)16(13)30/h3-6,11,18,23,41-42H,7-10,12H2,1-2H3,(H2,31,35)(H,32,43)(H,36,44)(H,46,47)(H,48,49)/b33-5+,34-6+,37-17-/t18?,23-,29?/m1/s1. The summed E-state index contributed by atoms with van der Waals surface area (Å²) in [6.07, 6.45) is 2.22. The molecule has 25 heteroatoms. The number of thiazole rings is 1. The zero-order valence-corrected chi connectivity index (χ0v) is 30.4. The number of aromatic hydroxyl groups is 2. The van der Waals surface area contributed by atoms with Crippen molar-refractivity contribution >= 4 is 93.7 Å². The van der Waals surface area contributed by atoms with Crippen molar-refractivity contribution in [3.63, 3.8) is 0 Å². The number of anilines is 1. The third-order valence-electron chi connectivity index (χ3n) is 7.97. The highest BCUT2D eigenvalue weighted by atomic mass is 35.5. The summed E-state index contributed by atoms with van der Waals surface area (Å²) < 4.78 is 0. The van der Waals surface area contributed by atoms with Gasteiger partial charge < -0.3 is 51.4 Å². The first-order valence-electron chi connectivity index (χ1n) is 15.5. The van der Waals surface area contributed by atoms with Gasteiger partial charge in [-0.1, -0.05) is 33.7 Å². The molecule has 5 amide bonds. The number of nitrogens with one attached hydrogen (secondary N) is 2. The number of urea groups is 1. The van der Waals surface area contributed by atoms with Gasteiger partial charge in [-0.2, -0.15) is 5.10 Å². The van der Waals surface area contributed by atoms with Gasteiger partial charge in [-0.25, -0.2) is 24.4 Å². The van der Waals surface area contributed by atoms with Crippen molar-refractivity contribution in [3.8, 4) is 11.5 Å². The van der Waals surface area contributed by atoms with E-state index in [1.165, 1.54) is 30.2 Å². The van der Waals surface area contributed by atoms with Crippen molar-refractivity contribution in [2.24, 2.45) is 15.4 Å². The highest BCUT2D eigenvalue weighted by Gasteiger charge is 2.66. The summed E-state index contributed by atoms with van der Waals surface area (Å²) in [4.78, 5) is 90.7. The van der Waals surface area contributed by atoms with E-state index < -0.39 is 81.3 Å². The van der Waals surface area contributed by atoms with Crippen LogP contribution in [0, 0.1) is 0 Å². The minimum absolute atomic E-state index is 0.0108. The number of oxime groups is 2. The third kappa shape index (κ3) is 7.74. The fraction of sp³-hybridized carbons (Fsp3) is 0.379. The molecule has 22 nitrogen and oxygen atoms in total. The van der Waals surface area contributed by atoms with Crippen molar-refractivity contribution < 1.29 is 58.9 Å². The molecule has 0 aliphatic carbocycles. The first kappa shape index (κ1) is 39.3. The Labute approximate surface area is 317 Å². The minimum atomic E-state index is -1.93. The van der Waals surface area contributed by atoms with Crippen molar-refractivity contribution in [2.45, 2.75) is 35.7 Å². The lowest BCUT2D eigenvalue weighted by atomic mass is 10.1. The molecular formula is C29H31ClN10O12S2. The van der Waals surface area contributed by atoms with E-state index in [4.69, 9.17) is 27.0 Å². The predicted molar refractivity (Wildman–Crippen MR) is 190 cm³/mol. The van der Waals surface area contributed by atoms with Crippen LogP contribution in [0.5, 0.6) is 11.5 Å². The summed E-state index contributed by atoms with van der Waals surface area (Å²) >= 11 is 7.61. The topological polar surface area (TPSA) is 312 Å². The van der Waals surface area contributed by atoms with Gasteiger partial charge in [-0.15, -0.1) is 11.3 Å². The molecule has 1 aromatic carbocycles. The van der Waals surface area contributed by atoms with E-state index in [-0.39, 0.29) is 47.7 Å². The largest absolute Gasteiger partial charge is 0.504 e. The zero-order chi connectivity index (χ0) is 39.5. The van der Waals surface area contributed by atoms with Gasteiger partial charge in [0.05, 0.1) is 42.6 Å². The highest BCUT2D eigenvalue weighted by Crippen LogP contribution is 2.49. The summed E-state index contributed by atoms with van der Waals surface area (Å²) in [6.45, 7) is 1.82. The number of carboxylic acid groups (broad SMARTS) is 2. The van der Waals surface area contributed by atoms with Crippen LogP contribution in [0.3, 0.4) is 0 Å². The SMILES string of the molecule is CC(C)(O/N=C(\C(=O)NC1C(=O)N2CC(C(=O)O)(N3CCN(/N=C/C=N/OCCNC(=O)c4ccc(O)c(O)c4Cl)C3=O)S[C@H]12)c1csc(N)n1)C(=O)O. The molecule has 1 aromatic heterocycles. The number of nitrogen functional groups attached to an aromatic ring is 1. The molecule has 0 saturated carbocycles. The average Bonchev–Trinajstić information content (AvgIpc) is 3.83. The maximum Gasteiger partial charge on any atom is 0.350 e. The van der Waals surface area contributed by atoms with Gasteiger partial charge in [-0.3, -0.25) is 19.3 Å². The Hall–Kier alpha value is -5.88. The lowest BCUT2D eigenvalue weighted by Crippen LogP contribution is -2.68. The minimum Gasteiger partial charge on any atom is -0.504 e. The number of β-lactam (4-membered cyclic amide) rings is 1. The van der Waals surface area contributed by atoms with E-state index in [0.717, 1.165) is 51.5 Å². The molecule has 3 saturated heterocycles. The molecule has 288 valence electrons. The number of hydrazone groups is 1. The van der Waals surface area contributed by atoms with Crippen LogP contribution >= 0.6 is 34.7 Å². The molecule has 8 N–H and O–H groups in total. The van der Waals surface area contributed by atoms with Crippen molar-refractivity contribution in [1.29, 1.82) is 0 Å². The highest BCUT2D eigenvalue weighted by molar-refractivity contribution is 8.02. The fourth-order valence-corrected chi connectivity index (χ4v) is 7.48. The molecule has 3 atom stereocenters. The number of rotatable bonds is 15. The van der Waals surface area contributed by atoms with E-state index >= 15 is 0 Å². The number of phenols is 2. The molecule has 54 heavy (non-hydrogen) atoms. The van der Waals surface area contributed by atoms with E-state index in [0.29, 0.717) is 0 Å². The molecule has 2 unspecified atom stereocenters. The number of amides is 5. The maximum absolute atomic E-state index is 13.3. The van der Waals surface area contributed by atoms with Gasteiger partial charge in [-0.05, 0) is 26.0 Å². The third-order valence-corrected chi connectivity index (χ3v) is 10.7. The number of thioether (sulfide) groups is 1. The number of hydrogen-bond acceptors (Lipinski definition) is 17. The fourth-order valence-electron chi connectivity index (χ4n) is 5.05. The van der Waals surface area contributed by atoms with Gasteiger partial charge in [0.2, 0.25) is 16.4 Å². The quantitative estimate of drug-likeness (QED) is 0.0400. The van der Waals surface area contributed by atoms with E-state index in [1.54, 1.807) is 0 Å². The number of nitrogens with zero attached hydrogens (tertiary/aromatic N) is 7. The second-order valence-corrected chi connectivity index (χ2v) is 14.6. The molecule has 0 spiro atoms. The zero-order valence-electron chi connectivity index (χ0n) is 28.0. The summed E-state index contributed by atoms with van der Waals surface area (Å²) in [6, 6.07) is 0.316. The maximum atomic E-state index is 13.3. The number of halogens is 1. The number of carbonyl (C=O) groups is 6. The number of hydrogen-bond donors (Lipinski definition) is 7. The Kier molecular flexibility index (Phi) is 11.4. The molecule has 4 heterocycles. The van der Waals surface area contributed by atoms with Crippen molar-refractivity contribution in [3.05, 3.63) is 33.8 Å².